The first-order valence-corrected chi connectivity index (χ1v) is 6.28. The number of carbonyl (C=O) groups is 1. The minimum Gasteiger partial charge on any atom is -0.330 e. The topological polar surface area (TPSA) is 46.3 Å². The van der Waals surface area contributed by atoms with Gasteiger partial charge in [0.1, 0.15) is 5.82 Å². The fraction of sp³-hybridized carbons (Fsp3) is 0.500. The van der Waals surface area contributed by atoms with Gasteiger partial charge in [-0.3, -0.25) is 4.79 Å². The van der Waals surface area contributed by atoms with E-state index in [9.17, 15) is 9.18 Å². The average Bonchev–Trinajstić information content (AvgIpc) is 2.33. The Bertz CT molecular complexity index is 389. The van der Waals surface area contributed by atoms with Crippen molar-refractivity contribution in [3.05, 3.63) is 30.1 Å². The summed E-state index contributed by atoms with van der Waals surface area (Å²) in [5.41, 5.74) is 6.37. The molecule has 1 amide bonds. The van der Waals surface area contributed by atoms with E-state index in [1.807, 2.05) is 20.8 Å². The van der Waals surface area contributed by atoms with E-state index in [2.05, 4.69) is 0 Å². The number of carbonyl (C=O) groups excluding carboxylic acids is 1. The van der Waals surface area contributed by atoms with E-state index in [1.165, 1.54) is 12.1 Å². The summed E-state index contributed by atoms with van der Waals surface area (Å²) >= 11 is 0. The lowest BCUT2D eigenvalue weighted by atomic mass is 9.94. The smallest absolute Gasteiger partial charge is 0.231 e. The van der Waals surface area contributed by atoms with Gasteiger partial charge in [0.15, 0.2) is 0 Å². The van der Waals surface area contributed by atoms with Gasteiger partial charge < -0.3 is 10.6 Å². The first-order chi connectivity index (χ1) is 8.51. The van der Waals surface area contributed by atoms with E-state index in [0.717, 1.165) is 0 Å². The molecule has 0 spiro atoms. The third-order valence-electron chi connectivity index (χ3n) is 3.10. The van der Waals surface area contributed by atoms with Crippen LogP contribution in [0.1, 0.15) is 20.8 Å². The summed E-state index contributed by atoms with van der Waals surface area (Å²) in [6.07, 6.45) is 0. The van der Waals surface area contributed by atoms with Crippen molar-refractivity contribution in [3.63, 3.8) is 0 Å². The molecule has 0 radical (unpaired) electrons. The number of nitrogens with two attached hydrogens (primary N) is 1. The number of rotatable bonds is 5. The lowest BCUT2D eigenvalue weighted by molar-refractivity contribution is -0.123. The maximum atomic E-state index is 12.9. The van der Waals surface area contributed by atoms with Crippen LogP contribution in [0.3, 0.4) is 0 Å². The molecule has 0 heterocycles. The Morgan fingerprint density at radius 1 is 1.33 bits per heavy atom. The maximum Gasteiger partial charge on any atom is 0.231 e. The molecule has 18 heavy (non-hydrogen) atoms. The highest BCUT2D eigenvalue weighted by molar-refractivity contribution is 5.95. The lowest BCUT2D eigenvalue weighted by Crippen LogP contribution is -2.41. The molecule has 2 N–H and O–H groups in total. The molecule has 0 saturated carbocycles. The molecule has 0 aromatic heterocycles. The minimum absolute atomic E-state index is 0.00149. The molecule has 1 aromatic carbocycles. The predicted molar refractivity (Wildman–Crippen MR) is 71.8 cm³/mol. The largest absolute Gasteiger partial charge is 0.330 e. The fourth-order valence-electron chi connectivity index (χ4n) is 1.94. The molecule has 1 aromatic rings. The minimum atomic E-state index is -0.304. The van der Waals surface area contributed by atoms with Crippen molar-refractivity contribution in [2.24, 2.45) is 17.6 Å². The van der Waals surface area contributed by atoms with Crippen LogP contribution in [0.5, 0.6) is 0 Å². The van der Waals surface area contributed by atoms with Gasteiger partial charge in [-0.15, -0.1) is 0 Å². The third-order valence-corrected chi connectivity index (χ3v) is 3.10. The van der Waals surface area contributed by atoms with Gasteiger partial charge in [-0.1, -0.05) is 13.8 Å². The molecule has 4 heteroatoms. The van der Waals surface area contributed by atoms with Crippen molar-refractivity contribution in [2.75, 3.05) is 18.0 Å². The number of benzene rings is 1. The highest BCUT2D eigenvalue weighted by atomic mass is 19.1. The van der Waals surface area contributed by atoms with Crippen LogP contribution in [0.2, 0.25) is 0 Å². The van der Waals surface area contributed by atoms with Crippen LogP contribution in [0.25, 0.3) is 0 Å². The van der Waals surface area contributed by atoms with E-state index in [0.29, 0.717) is 18.8 Å². The van der Waals surface area contributed by atoms with Crippen molar-refractivity contribution >= 4 is 11.6 Å². The Morgan fingerprint density at radius 3 is 2.28 bits per heavy atom. The van der Waals surface area contributed by atoms with Crippen LogP contribution >= 0.6 is 0 Å². The molecule has 0 aliphatic heterocycles. The van der Waals surface area contributed by atoms with Gasteiger partial charge in [0.05, 0.1) is 5.92 Å². The Kier molecular flexibility index (Phi) is 5.28. The zero-order valence-corrected chi connectivity index (χ0v) is 11.2. The van der Waals surface area contributed by atoms with Crippen LogP contribution in [0, 0.1) is 17.7 Å². The third kappa shape index (κ3) is 3.29. The summed E-state index contributed by atoms with van der Waals surface area (Å²) < 4.78 is 12.9. The summed E-state index contributed by atoms with van der Waals surface area (Å²) in [7, 11) is 0. The molecule has 0 aliphatic rings. The number of hydrogen-bond donors (Lipinski definition) is 1. The number of hydrogen-bond acceptors (Lipinski definition) is 2. The normalized spacial score (nSPS) is 12.6. The lowest BCUT2D eigenvalue weighted by Gasteiger charge is -2.27. The molecule has 3 nitrogen and oxygen atoms in total. The second kappa shape index (κ2) is 6.50. The van der Waals surface area contributed by atoms with Gasteiger partial charge in [-0.25, -0.2) is 4.39 Å². The molecule has 0 fully saturated rings. The molecule has 1 atom stereocenters. The molecule has 1 rings (SSSR count). The zero-order valence-electron chi connectivity index (χ0n) is 11.2. The van der Waals surface area contributed by atoms with Gasteiger partial charge in [-0.05, 0) is 37.1 Å². The first-order valence-electron chi connectivity index (χ1n) is 6.28. The second-order valence-electron chi connectivity index (χ2n) is 4.65. The molecule has 0 aliphatic carbocycles. The van der Waals surface area contributed by atoms with Gasteiger partial charge in [-0.2, -0.15) is 0 Å². The van der Waals surface area contributed by atoms with Crippen LogP contribution < -0.4 is 10.6 Å². The quantitative estimate of drug-likeness (QED) is 0.874. The van der Waals surface area contributed by atoms with Crippen LogP contribution in [0.15, 0.2) is 24.3 Å². The molecular weight excluding hydrogens is 231 g/mol. The summed E-state index contributed by atoms with van der Waals surface area (Å²) in [4.78, 5) is 14.0. The van der Waals surface area contributed by atoms with Crippen molar-refractivity contribution in [1.29, 1.82) is 0 Å². The Hall–Kier alpha value is -1.42. The Morgan fingerprint density at radius 2 is 1.89 bits per heavy atom. The van der Waals surface area contributed by atoms with Crippen LogP contribution in [-0.4, -0.2) is 19.0 Å². The van der Waals surface area contributed by atoms with E-state index in [1.54, 1.807) is 17.0 Å². The highest BCUT2D eigenvalue weighted by Gasteiger charge is 2.25. The van der Waals surface area contributed by atoms with Gasteiger partial charge in [0.2, 0.25) is 5.91 Å². The summed E-state index contributed by atoms with van der Waals surface area (Å²) in [6, 6.07) is 5.95. The van der Waals surface area contributed by atoms with Crippen molar-refractivity contribution in [3.8, 4) is 0 Å². The number of nitrogens with zero attached hydrogens (tertiary/aromatic N) is 1. The Labute approximate surface area is 108 Å². The molecule has 0 bridgehead atoms. The second-order valence-corrected chi connectivity index (χ2v) is 4.65. The van der Waals surface area contributed by atoms with Crippen LogP contribution in [-0.2, 0) is 4.79 Å². The maximum absolute atomic E-state index is 12.9. The summed E-state index contributed by atoms with van der Waals surface area (Å²) in [5.74, 6) is -0.310. The fourth-order valence-corrected chi connectivity index (χ4v) is 1.94. The molecule has 0 saturated heterocycles. The Balaban J connectivity index is 2.95. The average molecular weight is 252 g/mol. The van der Waals surface area contributed by atoms with Gasteiger partial charge >= 0.3 is 0 Å². The number of halogens is 1. The van der Waals surface area contributed by atoms with E-state index in [-0.39, 0.29) is 23.6 Å². The monoisotopic (exact) mass is 252 g/mol. The predicted octanol–water partition coefficient (Wildman–Crippen LogP) is 2.41. The summed E-state index contributed by atoms with van der Waals surface area (Å²) in [6.45, 7) is 6.74. The first kappa shape index (κ1) is 14.6. The number of amides is 1. The number of anilines is 1. The standard InChI is InChI=1S/C14H21FN2O/c1-4-17(12-7-5-11(15)6-8-12)14(18)13(9-16)10(2)3/h5-8,10,13H,4,9,16H2,1-3H3. The van der Waals surface area contributed by atoms with Crippen LogP contribution in [0.4, 0.5) is 10.1 Å². The van der Waals surface area contributed by atoms with E-state index >= 15 is 0 Å². The zero-order chi connectivity index (χ0) is 13.7. The molecular formula is C14H21FN2O. The SMILES string of the molecule is CCN(C(=O)C(CN)C(C)C)c1ccc(F)cc1. The van der Waals surface area contributed by atoms with Gasteiger partial charge in [0, 0.05) is 18.8 Å². The molecule has 100 valence electrons. The van der Waals surface area contributed by atoms with E-state index < -0.39 is 0 Å². The van der Waals surface area contributed by atoms with E-state index in [4.69, 9.17) is 5.73 Å². The van der Waals surface area contributed by atoms with Crippen molar-refractivity contribution < 1.29 is 9.18 Å². The molecule has 1 unspecified atom stereocenters. The summed E-state index contributed by atoms with van der Waals surface area (Å²) in [5, 5.41) is 0. The van der Waals surface area contributed by atoms with Crippen molar-refractivity contribution in [1.82, 2.24) is 0 Å². The highest BCUT2D eigenvalue weighted by Crippen LogP contribution is 2.20. The van der Waals surface area contributed by atoms with Gasteiger partial charge in [0.25, 0.3) is 0 Å². The van der Waals surface area contributed by atoms with Crippen molar-refractivity contribution in [2.45, 2.75) is 20.8 Å².